The third-order valence-electron chi connectivity index (χ3n) is 1.12. The van der Waals surface area contributed by atoms with Crippen LogP contribution in [0.3, 0.4) is 0 Å². The molecule has 0 spiro atoms. The fourth-order valence-electron chi connectivity index (χ4n) is 0.298. The lowest BCUT2D eigenvalue weighted by molar-refractivity contribution is -0.146. The van der Waals surface area contributed by atoms with Crippen molar-refractivity contribution < 1.29 is 9.90 Å². The quantitative estimate of drug-likeness (QED) is 0.497. The molecular weight excluding hydrogens is 150 g/mol. The number of thiocarbonyl (C=S) groups is 1. The van der Waals surface area contributed by atoms with Gasteiger partial charge in [-0.1, -0.05) is 0 Å². The highest BCUT2D eigenvalue weighted by Gasteiger charge is 2.26. The molecule has 0 aliphatic carbocycles. The highest BCUT2D eigenvalue weighted by molar-refractivity contribution is 7.78. The van der Waals surface area contributed by atoms with Crippen LogP contribution in [0, 0.1) is 5.41 Å². The number of nitrogens with zero attached hydrogens (tertiary/aromatic N) is 1. The Bertz CT molecular complexity index is 182. The molecule has 0 aliphatic rings. The van der Waals surface area contributed by atoms with E-state index in [1.165, 1.54) is 0 Å². The molecule has 3 nitrogen and oxygen atoms in total. The molecule has 0 aromatic rings. The maximum Gasteiger partial charge on any atom is 0.310 e. The topological polar surface area (TPSA) is 49.7 Å². The molecule has 0 rings (SSSR count). The third kappa shape index (κ3) is 2.71. The van der Waals surface area contributed by atoms with E-state index in [0.29, 0.717) is 0 Å². The van der Waals surface area contributed by atoms with E-state index >= 15 is 0 Å². The zero-order valence-electron chi connectivity index (χ0n) is 5.92. The van der Waals surface area contributed by atoms with Gasteiger partial charge in [-0.05, 0) is 26.1 Å². The van der Waals surface area contributed by atoms with Crippen LogP contribution in [-0.2, 0) is 4.79 Å². The molecule has 0 aromatic heterocycles. The molecule has 0 bridgehead atoms. The van der Waals surface area contributed by atoms with E-state index in [-0.39, 0.29) is 6.54 Å². The molecule has 0 atom stereocenters. The van der Waals surface area contributed by atoms with Crippen molar-refractivity contribution in [2.75, 3.05) is 6.54 Å². The van der Waals surface area contributed by atoms with Crippen LogP contribution in [0.2, 0.25) is 0 Å². The standard InChI is InChI=1S/C6H9NO2S/c1-6(2,5(8)9)3-7-4-10/h3H2,1-2H3,(H,8,9). The Kier molecular flexibility index (Phi) is 3.19. The molecule has 0 heterocycles. The number of carboxylic acid groups (broad SMARTS) is 1. The number of carbonyl (C=O) groups is 1. The van der Waals surface area contributed by atoms with E-state index in [0.717, 1.165) is 0 Å². The first kappa shape index (κ1) is 9.27. The Morgan fingerprint density at radius 1 is 1.80 bits per heavy atom. The van der Waals surface area contributed by atoms with E-state index in [1.54, 1.807) is 13.8 Å². The van der Waals surface area contributed by atoms with Gasteiger partial charge in [0.2, 0.25) is 0 Å². The van der Waals surface area contributed by atoms with Gasteiger partial charge in [0.25, 0.3) is 0 Å². The summed E-state index contributed by atoms with van der Waals surface area (Å²) in [5.41, 5.74) is -0.828. The normalized spacial score (nSPS) is 10.2. The molecule has 1 N–H and O–H groups in total. The van der Waals surface area contributed by atoms with Crippen molar-refractivity contribution in [2.24, 2.45) is 10.4 Å². The Labute approximate surface area is 64.8 Å². The van der Waals surface area contributed by atoms with Crippen molar-refractivity contribution >= 4 is 23.3 Å². The number of aliphatic imine (C=N–C) groups is 1. The maximum absolute atomic E-state index is 10.4. The van der Waals surface area contributed by atoms with Crippen molar-refractivity contribution in [1.29, 1.82) is 0 Å². The van der Waals surface area contributed by atoms with Crippen LogP contribution in [-0.4, -0.2) is 22.8 Å². The summed E-state index contributed by atoms with van der Waals surface area (Å²) >= 11 is 4.30. The second kappa shape index (κ2) is 3.44. The van der Waals surface area contributed by atoms with Gasteiger partial charge < -0.3 is 5.11 Å². The van der Waals surface area contributed by atoms with Gasteiger partial charge in [0, 0.05) is 0 Å². The van der Waals surface area contributed by atoms with E-state index < -0.39 is 11.4 Å². The van der Waals surface area contributed by atoms with Gasteiger partial charge >= 0.3 is 5.97 Å². The van der Waals surface area contributed by atoms with Gasteiger partial charge in [0.05, 0.1) is 17.1 Å². The van der Waals surface area contributed by atoms with Gasteiger partial charge in [-0.3, -0.25) is 4.79 Å². The summed E-state index contributed by atoms with van der Waals surface area (Å²) in [5.74, 6) is -0.874. The molecule has 4 heteroatoms. The van der Waals surface area contributed by atoms with E-state index in [1.807, 2.05) is 0 Å². The molecule has 0 amide bonds. The SMILES string of the molecule is CC(C)(CN=C=S)C(=O)O. The van der Waals surface area contributed by atoms with Crippen LogP contribution in [0.1, 0.15) is 13.8 Å². The first-order valence-electron chi connectivity index (χ1n) is 2.78. The first-order chi connectivity index (χ1) is 4.50. The molecule has 0 saturated heterocycles. The monoisotopic (exact) mass is 159 g/mol. The number of hydrogen-bond donors (Lipinski definition) is 1. The van der Waals surface area contributed by atoms with Crippen molar-refractivity contribution in [3.8, 4) is 0 Å². The minimum atomic E-state index is -0.874. The van der Waals surface area contributed by atoms with Crippen molar-refractivity contribution in [1.82, 2.24) is 0 Å². The summed E-state index contributed by atoms with van der Waals surface area (Å²) in [5, 5.41) is 10.7. The molecule has 0 unspecified atom stereocenters. The average Bonchev–Trinajstić information content (AvgIpc) is 1.84. The fourth-order valence-corrected chi connectivity index (χ4v) is 0.362. The Morgan fingerprint density at radius 2 is 2.30 bits per heavy atom. The van der Waals surface area contributed by atoms with Crippen molar-refractivity contribution in [3.63, 3.8) is 0 Å². The second-order valence-electron chi connectivity index (χ2n) is 2.60. The van der Waals surface area contributed by atoms with Crippen LogP contribution in [0.25, 0.3) is 0 Å². The third-order valence-corrected chi connectivity index (χ3v) is 1.25. The minimum Gasteiger partial charge on any atom is -0.481 e. The molecule has 10 heavy (non-hydrogen) atoms. The summed E-state index contributed by atoms with van der Waals surface area (Å²) < 4.78 is 0. The second-order valence-corrected chi connectivity index (χ2v) is 2.78. The predicted molar refractivity (Wildman–Crippen MR) is 41.3 cm³/mol. The summed E-state index contributed by atoms with van der Waals surface area (Å²) in [4.78, 5) is 14.0. The number of isothiocyanates is 1. The molecule has 0 aliphatic heterocycles. The number of hydrogen-bond acceptors (Lipinski definition) is 3. The molecule has 0 fully saturated rings. The Balaban J connectivity index is 4.12. The first-order valence-corrected chi connectivity index (χ1v) is 3.18. The molecule has 56 valence electrons. The minimum absolute atomic E-state index is 0.186. The lowest BCUT2D eigenvalue weighted by Gasteiger charge is -2.13. The van der Waals surface area contributed by atoms with E-state index in [2.05, 4.69) is 22.4 Å². The molecule has 0 radical (unpaired) electrons. The van der Waals surface area contributed by atoms with Crippen molar-refractivity contribution in [2.45, 2.75) is 13.8 Å². The van der Waals surface area contributed by atoms with Crippen LogP contribution in [0.15, 0.2) is 4.99 Å². The van der Waals surface area contributed by atoms with Gasteiger partial charge in [-0.25, -0.2) is 4.99 Å². The van der Waals surface area contributed by atoms with Crippen LogP contribution in [0.4, 0.5) is 0 Å². The van der Waals surface area contributed by atoms with E-state index in [4.69, 9.17) is 5.11 Å². The van der Waals surface area contributed by atoms with Gasteiger partial charge in [0.1, 0.15) is 0 Å². The lowest BCUT2D eigenvalue weighted by Crippen LogP contribution is -2.26. The Morgan fingerprint density at radius 3 is 2.60 bits per heavy atom. The van der Waals surface area contributed by atoms with Crippen molar-refractivity contribution in [3.05, 3.63) is 0 Å². The Hall–Kier alpha value is -0.730. The number of carboxylic acids is 1. The maximum atomic E-state index is 10.4. The summed E-state index contributed by atoms with van der Waals surface area (Å²) in [6.07, 6.45) is 0. The lowest BCUT2D eigenvalue weighted by atomic mass is 9.94. The summed E-state index contributed by atoms with van der Waals surface area (Å²) in [6.45, 7) is 3.36. The van der Waals surface area contributed by atoms with E-state index in [9.17, 15) is 4.79 Å². The van der Waals surface area contributed by atoms with Gasteiger partial charge in [0.15, 0.2) is 0 Å². The fraction of sp³-hybridized carbons (Fsp3) is 0.667. The average molecular weight is 159 g/mol. The highest BCUT2D eigenvalue weighted by atomic mass is 32.1. The van der Waals surface area contributed by atoms with Crippen LogP contribution in [0.5, 0.6) is 0 Å². The van der Waals surface area contributed by atoms with Crippen LogP contribution >= 0.6 is 12.2 Å². The molecule has 0 aromatic carbocycles. The summed E-state index contributed by atoms with van der Waals surface area (Å²) in [7, 11) is 0. The zero-order valence-corrected chi connectivity index (χ0v) is 6.73. The van der Waals surface area contributed by atoms with Gasteiger partial charge in [-0.2, -0.15) is 0 Å². The number of rotatable bonds is 3. The van der Waals surface area contributed by atoms with Gasteiger partial charge in [-0.15, -0.1) is 0 Å². The zero-order chi connectivity index (χ0) is 8.20. The largest absolute Gasteiger partial charge is 0.481 e. The predicted octanol–water partition coefficient (Wildman–Crippen LogP) is 1.20. The smallest absolute Gasteiger partial charge is 0.310 e. The van der Waals surface area contributed by atoms with Crippen LogP contribution < -0.4 is 0 Å². The molecule has 0 saturated carbocycles. The molecular formula is C6H9NO2S. The number of aliphatic carboxylic acids is 1. The summed E-state index contributed by atoms with van der Waals surface area (Å²) in [6, 6.07) is 0. The highest BCUT2D eigenvalue weighted by Crippen LogP contribution is 2.14.